The second-order valence-electron chi connectivity index (χ2n) is 3.55. The molecule has 17 heavy (non-hydrogen) atoms. The van der Waals surface area contributed by atoms with E-state index in [1.165, 1.54) is 7.11 Å². The van der Waals surface area contributed by atoms with E-state index in [-0.39, 0.29) is 6.54 Å². The van der Waals surface area contributed by atoms with Gasteiger partial charge in [-0.1, -0.05) is 12.1 Å². The number of anilines is 1. The topological polar surface area (TPSA) is 82.3 Å². The van der Waals surface area contributed by atoms with E-state index in [0.717, 1.165) is 5.56 Å². The first-order valence-corrected chi connectivity index (χ1v) is 5.09. The molecule has 90 valence electrons. The number of carboxylic acid groups (broad SMARTS) is 1. The molecule has 0 amide bonds. The van der Waals surface area contributed by atoms with Crippen molar-refractivity contribution in [3.63, 3.8) is 0 Å². The third-order valence-corrected chi connectivity index (χ3v) is 2.42. The smallest absolute Gasteiger partial charge is 0.334 e. The van der Waals surface area contributed by atoms with Crippen molar-refractivity contribution in [2.45, 2.75) is 13.0 Å². The van der Waals surface area contributed by atoms with E-state index in [9.17, 15) is 4.79 Å². The molecule has 0 fully saturated rings. The number of benzene rings is 1. The minimum Gasteiger partial charge on any atom is -0.479 e. The Labute approximate surface area is 99.6 Å². The van der Waals surface area contributed by atoms with Crippen molar-refractivity contribution in [1.82, 2.24) is 0 Å². The van der Waals surface area contributed by atoms with Crippen LogP contribution in [-0.2, 0) is 9.53 Å². The molecule has 1 rings (SSSR count). The Bertz CT molecular complexity index is 452. The molecule has 0 spiro atoms. The number of ether oxygens (including phenoxy) is 1. The second kappa shape index (κ2) is 5.87. The quantitative estimate of drug-likeness (QED) is 0.804. The molecule has 5 heteroatoms. The van der Waals surface area contributed by atoms with Crippen molar-refractivity contribution < 1.29 is 14.6 Å². The first kappa shape index (κ1) is 13.0. The fraction of sp³-hybridized carbons (Fsp3) is 0.333. The van der Waals surface area contributed by atoms with Gasteiger partial charge in [0.05, 0.1) is 17.8 Å². The number of hydrogen-bond donors (Lipinski definition) is 2. The van der Waals surface area contributed by atoms with Gasteiger partial charge in [-0.2, -0.15) is 5.26 Å². The first-order valence-electron chi connectivity index (χ1n) is 5.09. The van der Waals surface area contributed by atoms with Gasteiger partial charge in [0.25, 0.3) is 0 Å². The summed E-state index contributed by atoms with van der Waals surface area (Å²) in [4.78, 5) is 10.8. The summed E-state index contributed by atoms with van der Waals surface area (Å²) in [6.45, 7) is 1.97. The maximum absolute atomic E-state index is 10.8. The third-order valence-electron chi connectivity index (χ3n) is 2.42. The Morgan fingerprint density at radius 2 is 2.35 bits per heavy atom. The van der Waals surface area contributed by atoms with Crippen LogP contribution in [0.2, 0.25) is 0 Å². The zero-order chi connectivity index (χ0) is 12.8. The molecule has 0 heterocycles. The molecule has 5 nitrogen and oxygen atoms in total. The Kier molecular flexibility index (Phi) is 4.49. The van der Waals surface area contributed by atoms with E-state index in [0.29, 0.717) is 11.3 Å². The van der Waals surface area contributed by atoms with Crippen LogP contribution < -0.4 is 5.32 Å². The van der Waals surface area contributed by atoms with Gasteiger partial charge < -0.3 is 15.2 Å². The van der Waals surface area contributed by atoms with Gasteiger partial charge in [0.15, 0.2) is 6.10 Å². The van der Waals surface area contributed by atoms with E-state index >= 15 is 0 Å². The number of carbonyl (C=O) groups is 1. The van der Waals surface area contributed by atoms with Gasteiger partial charge >= 0.3 is 5.97 Å². The molecule has 0 saturated carbocycles. The fourth-order valence-corrected chi connectivity index (χ4v) is 1.46. The third kappa shape index (κ3) is 3.20. The minimum atomic E-state index is -1.04. The summed E-state index contributed by atoms with van der Waals surface area (Å²) in [6.07, 6.45) is -0.929. The molecular formula is C12H14N2O3. The Hall–Kier alpha value is -2.06. The van der Waals surface area contributed by atoms with Gasteiger partial charge in [0.2, 0.25) is 0 Å². The highest BCUT2D eigenvalue weighted by atomic mass is 16.5. The molecule has 1 unspecified atom stereocenters. The van der Waals surface area contributed by atoms with Crippen LogP contribution in [0.25, 0.3) is 0 Å². The molecule has 1 atom stereocenters. The number of nitrogens with one attached hydrogen (secondary N) is 1. The van der Waals surface area contributed by atoms with E-state index < -0.39 is 12.1 Å². The number of methoxy groups -OCH3 is 1. The predicted octanol–water partition coefficient (Wildman–Crippen LogP) is 1.38. The van der Waals surface area contributed by atoms with Crippen LogP contribution in [0.15, 0.2) is 18.2 Å². The highest BCUT2D eigenvalue weighted by molar-refractivity contribution is 5.73. The molecule has 2 N–H and O–H groups in total. The standard InChI is InChI=1S/C12H14N2O3/c1-8-4-3-5-9(6-13)11(8)14-7-10(17-2)12(15)16/h3-5,10,14H,7H2,1-2H3,(H,15,16). The van der Waals surface area contributed by atoms with Gasteiger partial charge in [-0.25, -0.2) is 4.79 Å². The molecule has 1 aromatic rings. The number of nitriles is 1. The van der Waals surface area contributed by atoms with Crippen LogP contribution >= 0.6 is 0 Å². The predicted molar refractivity (Wildman–Crippen MR) is 62.8 cm³/mol. The average Bonchev–Trinajstić information content (AvgIpc) is 2.31. The van der Waals surface area contributed by atoms with Gasteiger partial charge in [-0.15, -0.1) is 0 Å². The molecule has 0 aliphatic heterocycles. The average molecular weight is 234 g/mol. The van der Waals surface area contributed by atoms with Crippen molar-refractivity contribution >= 4 is 11.7 Å². The van der Waals surface area contributed by atoms with E-state index in [4.69, 9.17) is 15.1 Å². The number of aliphatic carboxylic acids is 1. The number of nitrogens with zero attached hydrogens (tertiary/aromatic N) is 1. The Morgan fingerprint density at radius 3 is 2.88 bits per heavy atom. The van der Waals surface area contributed by atoms with Gasteiger partial charge in [-0.3, -0.25) is 0 Å². The van der Waals surface area contributed by atoms with E-state index in [1.807, 2.05) is 13.0 Å². The number of rotatable bonds is 5. The summed E-state index contributed by atoms with van der Waals surface area (Å²) >= 11 is 0. The normalized spacial score (nSPS) is 11.6. The second-order valence-corrected chi connectivity index (χ2v) is 3.55. The summed E-state index contributed by atoms with van der Waals surface area (Å²) in [5, 5.41) is 20.7. The van der Waals surface area contributed by atoms with Crippen molar-refractivity contribution in [2.24, 2.45) is 0 Å². The highest BCUT2D eigenvalue weighted by Gasteiger charge is 2.16. The van der Waals surface area contributed by atoms with Gasteiger partial charge in [0, 0.05) is 7.11 Å². The molecule has 0 aliphatic rings. The number of aryl methyl sites for hydroxylation is 1. The van der Waals surface area contributed by atoms with Crippen molar-refractivity contribution in [2.75, 3.05) is 19.0 Å². The monoisotopic (exact) mass is 234 g/mol. The van der Waals surface area contributed by atoms with E-state index in [2.05, 4.69) is 11.4 Å². The molecule has 1 aromatic carbocycles. The molecule has 0 radical (unpaired) electrons. The highest BCUT2D eigenvalue weighted by Crippen LogP contribution is 2.19. The fourth-order valence-electron chi connectivity index (χ4n) is 1.46. The lowest BCUT2D eigenvalue weighted by molar-refractivity contribution is -0.147. The summed E-state index contributed by atoms with van der Waals surface area (Å²) in [7, 11) is 1.34. The van der Waals surface area contributed by atoms with Gasteiger partial charge in [-0.05, 0) is 18.6 Å². The first-order chi connectivity index (χ1) is 8.10. The Morgan fingerprint density at radius 1 is 1.65 bits per heavy atom. The summed E-state index contributed by atoms with van der Waals surface area (Å²) in [5.41, 5.74) is 2.04. The lowest BCUT2D eigenvalue weighted by Gasteiger charge is -2.15. The maximum Gasteiger partial charge on any atom is 0.334 e. The molecule has 0 aliphatic carbocycles. The van der Waals surface area contributed by atoms with Gasteiger partial charge in [0.1, 0.15) is 6.07 Å². The van der Waals surface area contributed by atoms with Crippen molar-refractivity contribution in [1.29, 1.82) is 5.26 Å². The number of para-hydroxylation sites is 1. The largest absolute Gasteiger partial charge is 0.479 e. The molecule has 0 bridgehead atoms. The van der Waals surface area contributed by atoms with E-state index in [1.54, 1.807) is 12.1 Å². The van der Waals surface area contributed by atoms with Crippen LogP contribution in [0.3, 0.4) is 0 Å². The minimum absolute atomic E-state index is 0.116. The van der Waals surface area contributed by atoms with Crippen LogP contribution in [-0.4, -0.2) is 30.8 Å². The zero-order valence-corrected chi connectivity index (χ0v) is 9.73. The molecule has 0 saturated heterocycles. The SMILES string of the molecule is COC(CNc1c(C)cccc1C#N)C(=O)O. The number of hydrogen-bond acceptors (Lipinski definition) is 4. The lowest BCUT2D eigenvalue weighted by Crippen LogP contribution is -2.30. The van der Waals surface area contributed by atoms with Crippen LogP contribution in [0.4, 0.5) is 5.69 Å². The van der Waals surface area contributed by atoms with Crippen LogP contribution in [0.5, 0.6) is 0 Å². The van der Waals surface area contributed by atoms with Crippen molar-refractivity contribution in [3.05, 3.63) is 29.3 Å². The van der Waals surface area contributed by atoms with Crippen molar-refractivity contribution in [3.8, 4) is 6.07 Å². The van der Waals surface area contributed by atoms with Crippen LogP contribution in [0.1, 0.15) is 11.1 Å². The lowest BCUT2D eigenvalue weighted by atomic mass is 10.1. The zero-order valence-electron chi connectivity index (χ0n) is 9.73. The summed E-state index contributed by atoms with van der Waals surface area (Å²) in [6, 6.07) is 7.37. The molecule has 0 aromatic heterocycles. The maximum atomic E-state index is 10.8. The van der Waals surface area contributed by atoms with Crippen LogP contribution in [0, 0.1) is 18.3 Å². The Balaban J connectivity index is 2.82. The molecular weight excluding hydrogens is 220 g/mol. The summed E-state index contributed by atoms with van der Waals surface area (Å²) < 4.78 is 4.80. The summed E-state index contributed by atoms with van der Waals surface area (Å²) in [5.74, 6) is -1.04. The number of carboxylic acids is 1.